The lowest BCUT2D eigenvalue weighted by molar-refractivity contribution is 0.0566. The minimum atomic E-state index is 0.399. The van der Waals surface area contributed by atoms with Crippen molar-refractivity contribution in [2.24, 2.45) is 11.8 Å². The van der Waals surface area contributed by atoms with Gasteiger partial charge in [-0.2, -0.15) is 0 Å². The fourth-order valence-corrected chi connectivity index (χ4v) is 2.31. The predicted octanol–water partition coefficient (Wildman–Crippen LogP) is 2.55. The van der Waals surface area contributed by atoms with Crippen molar-refractivity contribution >= 4 is 5.82 Å². The highest BCUT2D eigenvalue weighted by Gasteiger charge is 2.30. The van der Waals surface area contributed by atoms with E-state index in [1.807, 2.05) is 24.4 Å². The second-order valence-electron chi connectivity index (χ2n) is 4.72. The Balaban J connectivity index is 1.86. The van der Waals surface area contributed by atoms with Gasteiger partial charge in [0.2, 0.25) is 0 Å². The second-order valence-corrected chi connectivity index (χ2v) is 4.72. The van der Waals surface area contributed by atoms with Gasteiger partial charge in [-0.3, -0.25) is 0 Å². The minimum Gasteiger partial charge on any atom is -0.378 e. The Morgan fingerprint density at radius 1 is 1.50 bits per heavy atom. The summed E-state index contributed by atoms with van der Waals surface area (Å²) in [5, 5.41) is 3.38. The van der Waals surface area contributed by atoms with Crippen LogP contribution < -0.4 is 5.32 Å². The number of pyridine rings is 1. The van der Waals surface area contributed by atoms with Crippen LogP contribution in [0, 0.1) is 11.8 Å². The fraction of sp³-hybridized carbons (Fsp3) is 0.615. The van der Waals surface area contributed by atoms with Crippen molar-refractivity contribution in [1.82, 2.24) is 4.98 Å². The Morgan fingerprint density at radius 3 is 3.06 bits per heavy atom. The lowest BCUT2D eigenvalue weighted by Crippen LogP contribution is -2.28. The van der Waals surface area contributed by atoms with Gasteiger partial charge in [-0.15, -0.1) is 0 Å². The number of hydrogen-bond acceptors (Lipinski definition) is 3. The van der Waals surface area contributed by atoms with Gasteiger partial charge in [0.15, 0.2) is 0 Å². The third-order valence-corrected chi connectivity index (χ3v) is 3.13. The summed E-state index contributed by atoms with van der Waals surface area (Å²) in [6.45, 7) is 6.31. The zero-order valence-corrected chi connectivity index (χ0v) is 10.0. The standard InChI is InChI=1S/C13H20N2O/c1-10(2)13-11(6-8-16-13)9-15-12-5-3-4-7-14-12/h3-5,7,10-11,13H,6,8-9H2,1-2H3,(H,14,15)/t11-,13+/m0/s1. The molecular weight excluding hydrogens is 200 g/mol. The molecule has 1 aliphatic heterocycles. The molecule has 0 radical (unpaired) electrons. The van der Waals surface area contributed by atoms with E-state index in [0.717, 1.165) is 25.4 Å². The number of rotatable bonds is 4. The molecule has 3 nitrogen and oxygen atoms in total. The van der Waals surface area contributed by atoms with Crippen LogP contribution in [0.4, 0.5) is 5.82 Å². The first-order valence-electron chi connectivity index (χ1n) is 6.04. The van der Waals surface area contributed by atoms with Crippen LogP contribution in [-0.4, -0.2) is 24.2 Å². The molecule has 2 atom stereocenters. The number of ether oxygens (including phenoxy) is 1. The summed E-state index contributed by atoms with van der Waals surface area (Å²) in [6, 6.07) is 5.93. The first-order valence-corrected chi connectivity index (χ1v) is 6.04. The van der Waals surface area contributed by atoms with Crippen LogP contribution in [0.2, 0.25) is 0 Å². The number of aromatic nitrogens is 1. The van der Waals surface area contributed by atoms with Crippen molar-refractivity contribution < 1.29 is 4.74 Å². The smallest absolute Gasteiger partial charge is 0.125 e. The van der Waals surface area contributed by atoms with Gasteiger partial charge >= 0.3 is 0 Å². The van der Waals surface area contributed by atoms with Crippen LogP contribution >= 0.6 is 0 Å². The summed E-state index contributed by atoms with van der Waals surface area (Å²) in [5.74, 6) is 2.16. The molecule has 88 valence electrons. The maximum absolute atomic E-state index is 5.76. The minimum absolute atomic E-state index is 0.399. The van der Waals surface area contributed by atoms with Gasteiger partial charge in [-0.25, -0.2) is 4.98 Å². The van der Waals surface area contributed by atoms with E-state index in [-0.39, 0.29) is 0 Å². The molecule has 1 aromatic heterocycles. The van der Waals surface area contributed by atoms with Gasteiger partial charge < -0.3 is 10.1 Å². The molecule has 0 saturated carbocycles. The highest BCUT2D eigenvalue weighted by Crippen LogP contribution is 2.26. The molecule has 0 aromatic carbocycles. The van der Waals surface area contributed by atoms with E-state index in [9.17, 15) is 0 Å². The first kappa shape index (κ1) is 11.4. The zero-order valence-electron chi connectivity index (χ0n) is 10.0. The molecule has 1 aliphatic rings. The average Bonchev–Trinajstić information content (AvgIpc) is 2.76. The van der Waals surface area contributed by atoms with E-state index in [2.05, 4.69) is 24.1 Å². The van der Waals surface area contributed by atoms with Crippen molar-refractivity contribution in [2.45, 2.75) is 26.4 Å². The zero-order chi connectivity index (χ0) is 11.4. The van der Waals surface area contributed by atoms with Crippen molar-refractivity contribution in [3.63, 3.8) is 0 Å². The van der Waals surface area contributed by atoms with Gasteiger partial charge in [-0.05, 0) is 24.5 Å². The predicted molar refractivity (Wildman–Crippen MR) is 65.4 cm³/mol. The maximum Gasteiger partial charge on any atom is 0.125 e. The molecule has 2 heterocycles. The largest absolute Gasteiger partial charge is 0.378 e. The summed E-state index contributed by atoms with van der Waals surface area (Å²) in [4.78, 5) is 4.26. The molecule has 1 saturated heterocycles. The Labute approximate surface area is 97.2 Å². The summed E-state index contributed by atoms with van der Waals surface area (Å²) in [5.41, 5.74) is 0. The molecule has 3 heteroatoms. The molecule has 0 bridgehead atoms. The Hall–Kier alpha value is -1.09. The molecule has 1 aromatic rings. The van der Waals surface area contributed by atoms with E-state index in [1.54, 1.807) is 0 Å². The highest BCUT2D eigenvalue weighted by atomic mass is 16.5. The summed E-state index contributed by atoms with van der Waals surface area (Å²) in [7, 11) is 0. The van der Waals surface area contributed by atoms with Gasteiger partial charge in [0.25, 0.3) is 0 Å². The number of nitrogens with one attached hydrogen (secondary N) is 1. The van der Waals surface area contributed by atoms with Crippen LogP contribution in [0.1, 0.15) is 20.3 Å². The average molecular weight is 220 g/mol. The molecule has 1 fully saturated rings. The van der Waals surface area contributed by atoms with Crippen LogP contribution in [-0.2, 0) is 4.74 Å². The Kier molecular flexibility index (Phi) is 3.78. The van der Waals surface area contributed by atoms with Crippen molar-refractivity contribution in [2.75, 3.05) is 18.5 Å². The van der Waals surface area contributed by atoms with Gasteiger partial charge in [-0.1, -0.05) is 19.9 Å². The summed E-state index contributed by atoms with van der Waals surface area (Å²) in [6.07, 6.45) is 3.37. The number of hydrogen-bond donors (Lipinski definition) is 1. The lowest BCUT2D eigenvalue weighted by Gasteiger charge is -2.22. The molecule has 0 amide bonds. The third kappa shape index (κ3) is 2.73. The molecule has 1 N–H and O–H groups in total. The third-order valence-electron chi connectivity index (χ3n) is 3.13. The van der Waals surface area contributed by atoms with Crippen LogP contribution in [0.15, 0.2) is 24.4 Å². The van der Waals surface area contributed by atoms with Gasteiger partial charge in [0, 0.05) is 25.3 Å². The normalized spacial score (nSPS) is 24.9. The quantitative estimate of drug-likeness (QED) is 0.846. The van der Waals surface area contributed by atoms with E-state index in [4.69, 9.17) is 4.74 Å². The monoisotopic (exact) mass is 220 g/mol. The lowest BCUT2D eigenvalue weighted by atomic mass is 9.93. The van der Waals surface area contributed by atoms with Crippen LogP contribution in [0.3, 0.4) is 0 Å². The van der Waals surface area contributed by atoms with E-state index < -0.39 is 0 Å². The molecule has 0 unspecified atom stereocenters. The van der Waals surface area contributed by atoms with Crippen molar-refractivity contribution in [3.8, 4) is 0 Å². The van der Waals surface area contributed by atoms with Crippen molar-refractivity contribution in [3.05, 3.63) is 24.4 Å². The molecule has 0 aliphatic carbocycles. The SMILES string of the molecule is CC(C)[C@H]1OCC[C@H]1CNc1ccccn1. The first-order chi connectivity index (χ1) is 7.77. The molecule has 16 heavy (non-hydrogen) atoms. The van der Waals surface area contributed by atoms with Gasteiger partial charge in [0.05, 0.1) is 6.10 Å². The van der Waals surface area contributed by atoms with Gasteiger partial charge in [0.1, 0.15) is 5.82 Å². The number of anilines is 1. The molecule has 2 rings (SSSR count). The van der Waals surface area contributed by atoms with Crippen LogP contribution in [0.5, 0.6) is 0 Å². The second kappa shape index (κ2) is 5.30. The topological polar surface area (TPSA) is 34.1 Å². The van der Waals surface area contributed by atoms with Crippen LogP contribution in [0.25, 0.3) is 0 Å². The Morgan fingerprint density at radius 2 is 2.38 bits per heavy atom. The van der Waals surface area contributed by atoms with E-state index in [1.165, 1.54) is 0 Å². The number of nitrogens with zero attached hydrogens (tertiary/aromatic N) is 1. The van der Waals surface area contributed by atoms with Crippen molar-refractivity contribution in [1.29, 1.82) is 0 Å². The highest BCUT2D eigenvalue weighted by molar-refractivity contribution is 5.33. The Bertz CT molecular complexity index is 313. The maximum atomic E-state index is 5.76. The van der Waals surface area contributed by atoms with E-state index in [0.29, 0.717) is 17.9 Å². The summed E-state index contributed by atoms with van der Waals surface area (Å²) < 4.78 is 5.76. The van der Waals surface area contributed by atoms with E-state index >= 15 is 0 Å². The molecular formula is C13H20N2O. The molecule has 0 spiro atoms. The fourth-order valence-electron chi connectivity index (χ4n) is 2.31. The summed E-state index contributed by atoms with van der Waals surface area (Å²) >= 11 is 0.